The minimum absolute atomic E-state index is 0.142. The second-order valence-electron chi connectivity index (χ2n) is 5.87. The Morgan fingerprint density at radius 2 is 2.25 bits per heavy atom. The van der Waals surface area contributed by atoms with Crippen LogP contribution in [0.25, 0.3) is 0 Å². The summed E-state index contributed by atoms with van der Waals surface area (Å²) >= 11 is 6.12. The molecule has 0 aliphatic carbocycles. The Labute approximate surface area is 146 Å². The molecule has 1 saturated heterocycles. The molecule has 6 heteroatoms. The van der Waals surface area contributed by atoms with Crippen molar-refractivity contribution < 1.29 is 9.53 Å². The van der Waals surface area contributed by atoms with Crippen molar-refractivity contribution in [2.45, 2.75) is 12.1 Å². The molecule has 1 aromatic heterocycles. The molecule has 2 heterocycles. The molecule has 2 atom stereocenters. The number of likely N-dealkylation sites (N-methyl/N-ethyl adjacent to an activating group) is 1. The standard InChI is InChI=1S/C18H20ClN3O2/c1-22-9-10-24-16(12-22)18(23)21-17(15-7-2-3-8-20-15)13-5-4-6-14(19)11-13/h2-8,11,16-17H,9-10,12H2,1H3,(H,21,23)/t16-,17-/m1/s1. The Morgan fingerprint density at radius 1 is 1.38 bits per heavy atom. The Morgan fingerprint density at radius 3 is 2.96 bits per heavy atom. The summed E-state index contributed by atoms with van der Waals surface area (Å²) in [5, 5.41) is 3.68. The third-order valence-corrected chi connectivity index (χ3v) is 4.25. The van der Waals surface area contributed by atoms with Gasteiger partial charge in [0.1, 0.15) is 6.10 Å². The van der Waals surface area contributed by atoms with Crippen LogP contribution in [0.4, 0.5) is 0 Å². The van der Waals surface area contributed by atoms with Crippen molar-refractivity contribution in [1.82, 2.24) is 15.2 Å². The summed E-state index contributed by atoms with van der Waals surface area (Å²) in [7, 11) is 1.98. The number of benzene rings is 1. The molecule has 126 valence electrons. The number of halogens is 1. The van der Waals surface area contributed by atoms with Gasteiger partial charge in [-0.15, -0.1) is 0 Å². The Hall–Kier alpha value is -1.95. The normalized spacial score (nSPS) is 19.7. The summed E-state index contributed by atoms with van der Waals surface area (Å²) < 4.78 is 5.61. The molecule has 1 aromatic carbocycles. The van der Waals surface area contributed by atoms with Gasteiger partial charge in [-0.1, -0.05) is 29.8 Å². The minimum atomic E-state index is -0.478. The van der Waals surface area contributed by atoms with Crippen molar-refractivity contribution >= 4 is 17.5 Å². The fourth-order valence-corrected chi connectivity index (χ4v) is 2.93. The predicted octanol–water partition coefficient (Wildman–Crippen LogP) is 2.27. The van der Waals surface area contributed by atoms with E-state index in [1.165, 1.54) is 0 Å². The van der Waals surface area contributed by atoms with Crippen LogP contribution < -0.4 is 5.32 Å². The van der Waals surface area contributed by atoms with E-state index in [0.717, 1.165) is 17.8 Å². The lowest BCUT2D eigenvalue weighted by molar-refractivity contribution is -0.138. The number of pyridine rings is 1. The number of nitrogens with zero attached hydrogens (tertiary/aromatic N) is 2. The van der Waals surface area contributed by atoms with Gasteiger partial charge in [-0.25, -0.2) is 0 Å². The Balaban J connectivity index is 1.84. The number of rotatable bonds is 4. The number of carbonyl (C=O) groups excluding carboxylic acids is 1. The van der Waals surface area contributed by atoms with E-state index in [0.29, 0.717) is 18.2 Å². The summed E-state index contributed by atoms with van der Waals surface area (Å²) in [5.74, 6) is -0.142. The maximum absolute atomic E-state index is 12.7. The summed E-state index contributed by atoms with van der Waals surface area (Å²) in [6.07, 6.45) is 1.23. The largest absolute Gasteiger partial charge is 0.366 e. The molecule has 0 bridgehead atoms. The van der Waals surface area contributed by atoms with Gasteiger partial charge in [0, 0.05) is 24.3 Å². The summed E-state index contributed by atoms with van der Waals surface area (Å²) in [6.45, 7) is 1.97. The Bertz CT molecular complexity index is 696. The quantitative estimate of drug-likeness (QED) is 0.923. The first-order valence-corrected chi connectivity index (χ1v) is 8.28. The lowest BCUT2D eigenvalue weighted by atomic mass is 10.0. The number of morpholine rings is 1. The van der Waals surface area contributed by atoms with Crippen molar-refractivity contribution in [2.75, 3.05) is 26.7 Å². The number of amides is 1. The number of hydrogen-bond donors (Lipinski definition) is 1. The summed E-state index contributed by atoms with van der Waals surface area (Å²) in [4.78, 5) is 19.1. The van der Waals surface area contributed by atoms with Crippen LogP contribution in [0.15, 0.2) is 48.7 Å². The molecule has 3 rings (SSSR count). The number of ether oxygens (including phenoxy) is 1. The van der Waals surface area contributed by atoms with Gasteiger partial charge in [0.25, 0.3) is 5.91 Å². The first kappa shape index (κ1) is 16.9. The van der Waals surface area contributed by atoms with Gasteiger partial charge in [-0.05, 0) is 36.9 Å². The van der Waals surface area contributed by atoms with E-state index in [4.69, 9.17) is 16.3 Å². The van der Waals surface area contributed by atoms with Crippen LogP contribution in [-0.2, 0) is 9.53 Å². The first-order chi connectivity index (χ1) is 11.6. The minimum Gasteiger partial charge on any atom is -0.366 e. The average molecular weight is 346 g/mol. The van der Waals surface area contributed by atoms with E-state index in [1.54, 1.807) is 6.20 Å². The SMILES string of the molecule is CN1CCO[C@@H](C(=O)N[C@H](c2cccc(Cl)c2)c2ccccn2)C1. The van der Waals surface area contributed by atoms with E-state index in [2.05, 4.69) is 15.2 Å². The maximum atomic E-state index is 12.7. The van der Waals surface area contributed by atoms with Crippen molar-refractivity contribution in [1.29, 1.82) is 0 Å². The van der Waals surface area contributed by atoms with Gasteiger partial charge in [-0.3, -0.25) is 9.78 Å². The molecule has 0 spiro atoms. The van der Waals surface area contributed by atoms with E-state index < -0.39 is 6.10 Å². The smallest absolute Gasteiger partial charge is 0.251 e. The lowest BCUT2D eigenvalue weighted by Gasteiger charge is -2.30. The molecular formula is C18H20ClN3O2. The Kier molecular flexibility index (Phi) is 5.45. The molecule has 2 aromatic rings. The van der Waals surface area contributed by atoms with Gasteiger partial charge in [0.2, 0.25) is 0 Å². The van der Waals surface area contributed by atoms with E-state index in [-0.39, 0.29) is 11.9 Å². The predicted molar refractivity (Wildman–Crippen MR) is 92.9 cm³/mol. The van der Waals surface area contributed by atoms with Gasteiger partial charge in [-0.2, -0.15) is 0 Å². The van der Waals surface area contributed by atoms with Crippen LogP contribution in [0.1, 0.15) is 17.3 Å². The van der Waals surface area contributed by atoms with Crippen LogP contribution >= 0.6 is 11.6 Å². The highest BCUT2D eigenvalue weighted by Gasteiger charge is 2.28. The highest BCUT2D eigenvalue weighted by molar-refractivity contribution is 6.30. The third-order valence-electron chi connectivity index (χ3n) is 4.01. The molecule has 5 nitrogen and oxygen atoms in total. The lowest BCUT2D eigenvalue weighted by Crippen LogP contribution is -2.49. The first-order valence-electron chi connectivity index (χ1n) is 7.90. The molecule has 24 heavy (non-hydrogen) atoms. The number of hydrogen-bond acceptors (Lipinski definition) is 4. The highest BCUT2D eigenvalue weighted by Crippen LogP contribution is 2.23. The second-order valence-corrected chi connectivity index (χ2v) is 6.31. The molecule has 1 amide bonds. The third kappa shape index (κ3) is 4.12. The van der Waals surface area contributed by atoms with E-state index in [1.807, 2.05) is 49.5 Å². The van der Waals surface area contributed by atoms with Crippen molar-refractivity contribution in [2.24, 2.45) is 0 Å². The maximum Gasteiger partial charge on any atom is 0.251 e. The van der Waals surface area contributed by atoms with Gasteiger partial charge in [0.15, 0.2) is 0 Å². The van der Waals surface area contributed by atoms with Gasteiger partial charge < -0.3 is 15.0 Å². The van der Waals surface area contributed by atoms with Crippen LogP contribution in [-0.4, -0.2) is 48.6 Å². The van der Waals surface area contributed by atoms with Crippen LogP contribution in [0.5, 0.6) is 0 Å². The molecule has 0 saturated carbocycles. The number of carbonyl (C=O) groups is 1. The summed E-state index contributed by atoms with van der Waals surface area (Å²) in [5.41, 5.74) is 1.65. The monoisotopic (exact) mass is 345 g/mol. The fourth-order valence-electron chi connectivity index (χ4n) is 2.73. The molecular weight excluding hydrogens is 326 g/mol. The van der Waals surface area contributed by atoms with Crippen LogP contribution in [0.3, 0.4) is 0 Å². The zero-order chi connectivity index (χ0) is 16.9. The molecule has 0 radical (unpaired) electrons. The van der Waals surface area contributed by atoms with Crippen molar-refractivity contribution in [3.8, 4) is 0 Å². The van der Waals surface area contributed by atoms with Crippen molar-refractivity contribution in [3.05, 3.63) is 64.9 Å². The highest BCUT2D eigenvalue weighted by atomic mass is 35.5. The topological polar surface area (TPSA) is 54.5 Å². The fraction of sp³-hybridized carbons (Fsp3) is 0.333. The second kappa shape index (κ2) is 7.75. The average Bonchev–Trinajstić information content (AvgIpc) is 2.60. The van der Waals surface area contributed by atoms with Crippen molar-refractivity contribution in [3.63, 3.8) is 0 Å². The van der Waals surface area contributed by atoms with Crippen LogP contribution in [0, 0.1) is 0 Å². The summed E-state index contributed by atoms with van der Waals surface area (Å²) in [6, 6.07) is 12.7. The van der Waals surface area contributed by atoms with E-state index in [9.17, 15) is 4.79 Å². The molecule has 0 unspecified atom stereocenters. The molecule has 1 aliphatic rings. The molecule has 1 fully saturated rings. The van der Waals surface area contributed by atoms with E-state index >= 15 is 0 Å². The number of nitrogens with one attached hydrogen (secondary N) is 1. The van der Waals surface area contributed by atoms with Gasteiger partial charge in [0.05, 0.1) is 18.3 Å². The van der Waals surface area contributed by atoms with Crippen LogP contribution in [0.2, 0.25) is 5.02 Å². The van der Waals surface area contributed by atoms with Gasteiger partial charge >= 0.3 is 0 Å². The zero-order valence-corrected chi connectivity index (χ0v) is 14.2. The molecule has 1 aliphatic heterocycles. The zero-order valence-electron chi connectivity index (χ0n) is 13.5. The molecule has 1 N–H and O–H groups in total. The number of aromatic nitrogens is 1.